The van der Waals surface area contributed by atoms with Gasteiger partial charge < -0.3 is 5.11 Å². The van der Waals surface area contributed by atoms with E-state index >= 15 is 0 Å². The molecule has 0 aliphatic carbocycles. The lowest BCUT2D eigenvalue weighted by molar-refractivity contribution is -0.136. The van der Waals surface area contributed by atoms with Crippen LogP contribution in [-0.2, 0) is 11.2 Å². The SMILES string of the molecule is CSc1nc2cc(CC(=O)O)ccc2s1. The highest BCUT2D eigenvalue weighted by molar-refractivity contribution is 8.00. The topological polar surface area (TPSA) is 50.2 Å². The predicted octanol–water partition coefficient (Wildman–Crippen LogP) is 2.65. The summed E-state index contributed by atoms with van der Waals surface area (Å²) in [4.78, 5) is 14.9. The van der Waals surface area contributed by atoms with E-state index in [1.54, 1.807) is 23.1 Å². The highest BCUT2D eigenvalue weighted by atomic mass is 32.2. The maximum Gasteiger partial charge on any atom is 0.307 e. The van der Waals surface area contributed by atoms with Gasteiger partial charge in [-0.25, -0.2) is 4.98 Å². The second kappa shape index (κ2) is 4.20. The molecule has 15 heavy (non-hydrogen) atoms. The number of fused-ring (bicyclic) bond motifs is 1. The second-order valence-corrected chi connectivity index (χ2v) is 5.14. The van der Waals surface area contributed by atoms with Gasteiger partial charge in [0.15, 0.2) is 4.34 Å². The van der Waals surface area contributed by atoms with Crippen LogP contribution in [0, 0.1) is 0 Å². The molecule has 0 atom stereocenters. The Bertz CT molecular complexity index is 507. The number of thiazole rings is 1. The van der Waals surface area contributed by atoms with Crippen molar-refractivity contribution in [3.63, 3.8) is 0 Å². The summed E-state index contributed by atoms with van der Waals surface area (Å²) >= 11 is 3.23. The van der Waals surface area contributed by atoms with Crippen LogP contribution in [0.5, 0.6) is 0 Å². The summed E-state index contributed by atoms with van der Waals surface area (Å²) in [6.07, 6.45) is 2.04. The summed E-state index contributed by atoms with van der Waals surface area (Å²) in [6, 6.07) is 5.63. The Labute approximate surface area is 95.1 Å². The lowest BCUT2D eigenvalue weighted by Crippen LogP contribution is -1.99. The minimum absolute atomic E-state index is 0.0576. The molecule has 0 unspecified atom stereocenters. The number of carbonyl (C=O) groups is 1. The van der Waals surface area contributed by atoms with Gasteiger partial charge in [-0.1, -0.05) is 17.8 Å². The summed E-state index contributed by atoms with van der Waals surface area (Å²) in [5.74, 6) is -0.810. The third kappa shape index (κ3) is 2.30. The molecule has 0 saturated carbocycles. The van der Waals surface area contributed by atoms with E-state index in [2.05, 4.69) is 4.98 Å². The van der Waals surface area contributed by atoms with E-state index < -0.39 is 5.97 Å². The predicted molar refractivity (Wildman–Crippen MR) is 62.7 cm³/mol. The van der Waals surface area contributed by atoms with Gasteiger partial charge in [0.2, 0.25) is 0 Å². The van der Waals surface area contributed by atoms with Crippen molar-refractivity contribution in [3.05, 3.63) is 23.8 Å². The van der Waals surface area contributed by atoms with Crippen molar-refractivity contribution in [1.29, 1.82) is 0 Å². The van der Waals surface area contributed by atoms with Crippen molar-refractivity contribution in [1.82, 2.24) is 4.98 Å². The number of aromatic nitrogens is 1. The first-order valence-corrected chi connectivity index (χ1v) is 6.38. The first-order valence-electron chi connectivity index (χ1n) is 4.34. The first-order chi connectivity index (χ1) is 7.19. The first kappa shape index (κ1) is 10.4. The number of nitrogens with zero attached hydrogens (tertiary/aromatic N) is 1. The maximum absolute atomic E-state index is 10.5. The quantitative estimate of drug-likeness (QED) is 0.837. The van der Waals surface area contributed by atoms with Gasteiger partial charge in [0.1, 0.15) is 0 Å². The van der Waals surface area contributed by atoms with Crippen LogP contribution in [0.15, 0.2) is 22.5 Å². The monoisotopic (exact) mass is 239 g/mol. The third-order valence-corrected chi connectivity index (χ3v) is 3.98. The van der Waals surface area contributed by atoms with E-state index in [0.29, 0.717) is 0 Å². The summed E-state index contributed by atoms with van der Waals surface area (Å²) in [6.45, 7) is 0. The summed E-state index contributed by atoms with van der Waals surface area (Å²) in [5.41, 5.74) is 1.69. The van der Waals surface area contributed by atoms with Crippen molar-refractivity contribution in [2.75, 3.05) is 6.26 Å². The van der Waals surface area contributed by atoms with Crippen LogP contribution < -0.4 is 0 Å². The van der Waals surface area contributed by atoms with E-state index in [4.69, 9.17) is 5.11 Å². The van der Waals surface area contributed by atoms with Gasteiger partial charge in [-0.3, -0.25) is 4.79 Å². The molecule has 0 aliphatic heterocycles. The van der Waals surface area contributed by atoms with Crippen LogP contribution >= 0.6 is 23.1 Å². The van der Waals surface area contributed by atoms with Crippen LogP contribution in [0.4, 0.5) is 0 Å². The minimum atomic E-state index is -0.810. The van der Waals surface area contributed by atoms with E-state index in [1.807, 2.05) is 24.5 Å². The number of carboxylic acids is 1. The molecule has 78 valence electrons. The summed E-state index contributed by atoms with van der Waals surface area (Å²) < 4.78 is 2.12. The number of hydrogen-bond donors (Lipinski definition) is 1. The highest BCUT2D eigenvalue weighted by Gasteiger charge is 2.05. The normalized spacial score (nSPS) is 10.7. The minimum Gasteiger partial charge on any atom is -0.481 e. The van der Waals surface area contributed by atoms with E-state index in [0.717, 1.165) is 20.1 Å². The van der Waals surface area contributed by atoms with Gasteiger partial charge in [0.05, 0.1) is 16.6 Å². The molecule has 5 heteroatoms. The Hall–Kier alpha value is -1.07. The number of benzene rings is 1. The molecule has 0 saturated heterocycles. The maximum atomic E-state index is 10.5. The number of carboxylic acid groups (broad SMARTS) is 1. The molecule has 0 aliphatic rings. The number of aliphatic carboxylic acids is 1. The number of hydrogen-bond acceptors (Lipinski definition) is 4. The lowest BCUT2D eigenvalue weighted by Gasteiger charge is -1.95. The molecule has 3 nitrogen and oxygen atoms in total. The molecular weight excluding hydrogens is 230 g/mol. The zero-order valence-electron chi connectivity index (χ0n) is 8.06. The number of rotatable bonds is 3. The van der Waals surface area contributed by atoms with Crippen LogP contribution in [0.1, 0.15) is 5.56 Å². The van der Waals surface area contributed by atoms with Crippen molar-refractivity contribution < 1.29 is 9.90 Å². The molecule has 1 heterocycles. The van der Waals surface area contributed by atoms with Crippen LogP contribution in [-0.4, -0.2) is 22.3 Å². The molecule has 0 spiro atoms. The molecular formula is C10H9NO2S2. The molecule has 1 N–H and O–H groups in total. The van der Waals surface area contributed by atoms with Gasteiger partial charge in [-0.2, -0.15) is 0 Å². The van der Waals surface area contributed by atoms with Crippen molar-refractivity contribution in [2.24, 2.45) is 0 Å². The smallest absolute Gasteiger partial charge is 0.307 e. The van der Waals surface area contributed by atoms with Crippen LogP contribution in [0.3, 0.4) is 0 Å². The second-order valence-electron chi connectivity index (χ2n) is 3.06. The zero-order chi connectivity index (χ0) is 10.8. The molecule has 0 fully saturated rings. The van der Waals surface area contributed by atoms with Gasteiger partial charge >= 0.3 is 5.97 Å². The Morgan fingerprint density at radius 2 is 2.40 bits per heavy atom. The highest BCUT2D eigenvalue weighted by Crippen LogP contribution is 2.28. The Kier molecular flexibility index (Phi) is 2.93. The molecule has 0 radical (unpaired) electrons. The Morgan fingerprint density at radius 3 is 3.07 bits per heavy atom. The van der Waals surface area contributed by atoms with Gasteiger partial charge in [0, 0.05) is 0 Å². The van der Waals surface area contributed by atoms with Gasteiger partial charge in [-0.05, 0) is 24.0 Å². The fraction of sp³-hybridized carbons (Fsp3) is 0.200. The molecule has 0 amide bonds. The lowest BCUT2D eigenvalue weighted by atomic mass is 10.1. The van der Waals surface area contributed by atoms with Crippen molar-refractivity contribution in [3.8, 4) is 0 Å². The zero-order valence-corrected chi connectivity index (χ0v) is 9.69. The standard InChI is InChI=1S/C10H9NO2S2/c1-14-10-11-7-4-6(5-9(12)13)2-3-8(7)15-10/h2-4H,5H2,1H3,(H,12,13). The molecule has 1 aromatic carbocycles. The summed E-state index contributed by atoms with van der Waals surface area (Å²) in [5, 5.41) is 8.67. The Balaban J connectivity index is 2.41. The van der Waals surface area contributed by atoms with Gasteiger partial charge in [-0.15, -0.1) is 11.3 Å². The van der Waals surface area contributed by atoms with E-state index in [9.17, 15) is 4.79 Å². The van der Waals surface area contributed by atoms with Gasteiger partial charge in [0.25, 0.3) is 0 Å². The van der Waals surface area contributed by atoms with E-state index in [1.165, 1.54) is 0 Å². The fourth-order valence-electron chi connectivity index (χ4n) is 1.32. The molecule has 2 rings (SSSR count). The van der Waals surface area contributed by atoms with Crippen molar-refractivity contribution in [2.45, 2.75) is 10.8 Å². The largest absolute Gasteiger partial charge is 0.481 e. The molecule has 1 aromatic heterocycles. The Morgan fingerprint density at radius 1 is 1.60 bits per heavy atom. The van der Waals surface area contributed by atoms with Crippen molar-refractivity contribution >= 4 is 39.3 Å². The number of thioether (sulfide) groups is 1. The molecule has 0 bridgehead atoms. The third-order valence-electron chi connectivity index (χ3n) is 1.96. The van der Waals surface area contributed by atoms with Crippen LogP contribution in [0.25, 0.3) is 10.2 Å². The average Bonchev–Trinajstić information content (AvgIpc) is 2.58. The average molecular weight is 239 g/mol. The molecule has 2 aromatic rings. The summed E-state index contributed by atoms with van der Waals surface area (Å²) in [7, 11) is 0. The van der Waals surface area contributed by atoms with Crippen LogP contribution in [0.2, 0.25) is 0 Å². The van der Waals surface area contributed by atoms with E-state index in [-0.39, 0.29) is 6.42 Å². The fourth-order valence-corrected chi connectivity index (χ4v) is 2.79.